The third kappa shape index (κ3) is 3.14. The Morgan fingerprint density at radius 3 is 2.27 bits per heavy atom. The van der Waals surface area contributed by atoms with E-state index in [1.807, 2.05) is 42.5 Å². The Bertz CT molecular complexity index is 816. The molecular formula is C16H11Br3N2O. The summed E-state index contributed by atoms with van der Waals surface area (Å²) in [6.45, 7) is 0.478. The van der Waals surface area contributed by atoms with Crippen LogP contribution in [0.4, 0.5) is 0 Å². The first-order valence-electron chi connectivity index (χ1n) is 6.51. The van der Waals surface area contributed by atoms with Crippen molar-refractivity contribution in [3.05, 3.63) is 67.8 Å². The largest absolute Gasteiger partial charge is 0.508 e. The highest BCUT2D eigenvalue weighted by atomic mass is 79.9. The molecule has 0 aliphatic rings. The van der Waals surface area contributed by atoms with Crippen LogP contribution in [-0.4, -0.2) is 14.9 Å². The van der Waals surface area contributed by atoms with Crippen LogP contribution in [0.2, 0.25) is 0 Å². The van der Waals surface area contributed by atoms with Crippen molar-refractivity contribution in [1.82, 2.24) is 9.78 Å². The van der Waals surface area contributed by atoms with Crippen molar-refractivity contribution >= 4 is 47.8 Å². The quantitative estimate of drug-likeness (QED) is 0.524. The molecule has 0 spiro atoms. The van der Waals surface area contributed by atoms with Crippen molar-refractivity contribution in [3.63, 3.8) is 0 Å². The Hall–Kier alpha value is -1.11. The zero-order valence-corrected chi connectivity index (χ0v) is 16.1. The normalized spacial score (nSPS) is 10.9. The number of phenols is 1. The van der Waals surface area contributed by atoms with Gasteiger partial charge in [-0.1, -0.05) is 42.5 Å². The minimum Gasteiger partial charge on any atom is -0.508 e. The number of nitrogens with zero attached hydrogens (tertiary/aromatic N) is 2. The molecular weight excluding hydrogens is 476 g/mol. The predicted molar refractivity (Wildman–Crippen MR) is 98.0 cm³/mol. The summed E-state index contributed by atoms with van der Waals surface area (Å²) in [5.74, 6) is 0.260. The summed E-state index contributed by atoms with van der Waals surface area (Å²) in [6, 6.07) is 15.7. The van der Waals surface area contributed by atoms with Gasteiger partial charge >= 0.3 is 0 Å². The van der Waals surface area contributed by atoms with E-state index < -0.39 is 0 Å². The lowest BCUT2D eigenvalue weighted by atomic mass is 10.0. The molecule has 3 rings (SSSR count). The average molecular weight is 487 g/mol. The summed E-state index contributed by atoms with van der Waals surface area (Å²) >= 11 is 10.3. The van der Waals surface area contributed by atoms with E-state index in [1.54, 1.807) is 10.7 Å². The summed E-state index contributed by atoms with van der Waals surface area (Å²) < 4.78 is 4.17. The smallest absolute Gasteiger partial charge is 0.143 e. The van der Waals surface area contributed by atoms with E-state index >= 15 is 0 Å². The second-order valence-electron chi connectivity index (χ2n) is 4.76. The standard InChI is InChI=1S/C16H11Br3N2O/c17-14-15(18)20-21(16(14)19)9-12-7-6-11(8-13(12)22)10-4-2-1-3-5-10/h1-8,22H,9H2. The molecule has 3 aromatic rings. The van der Waals surface area contributed by atoms with E-state index in [9.17, 15) is 5.11 Å². The van der Waals surface area contributed by atoms with Crippen molar-refractivity contribution in [1.29, 1.82) is 0 Å². The number of rotatable bonds is 3. The SMILES string of the molecule is Oc1cc(-c2ccccc2)ccc1Cn1nc(Br)c(Br)c1Br. The fourth-order valence-electron chi connectivity index (χ4n) is 2.17. The van der Waals surface area contributed by atoms with Crippen LogP contribution in [0.15, 0.2) is 62.2 Å². The van der Waals surface area contributed by atoms with Gasteiger partial charge in [0.1, 0.15) is 15.0 Å². The maximum atomic E-state index is 10.3. The molecule has 0 bridgehead atoms. The Balaban J connectivity index is 1.91. The van der Waals surface area contributed by atoms with E-state index in [2.05, 4.69) is 52.9 Å². The first-order chi connectivity index (χ1) is 10.6. The fourth-order valence-corrected chi connectivity index (χ4v) is 3.49. The van der Waals surface area contributed by atoms with E-state index in [0.29, 0.717) is 6.54 Å². The summed E-state index contributed by atoms with van der Waals surface area (Å²) in [7, 11) is 0. The lowest BCUT2D eigenvalue weighted by Gasteiger charge is -2.09. The van der Waals surface area contributed by atoms with Gasteiger partial charge in [-0.05, 0) is 65.0 Å². The summed E-state index contributed by atoms with van der Waals surface area (Å²) in [6.07, 6.45) is 0. The first kappa shape index (κ1) is 15.8. The number of halogens is 3. The molecule has 1 N–H and O–H groups in total. The molecule has 1 aromatic heterocycles. The molecule has 0 amide bonds. The van der Waals surface area contributed by atoms with Crippen LogP contribution in [0, 0.1) is 0 Å². The Labute approximate surface area is 153 Å². The molecule has 2 aromatic carbocycles. The predicted octanol–water partition coefficient (Wildman–Crippen LogP) is 5.59. The molecule has 0 aliphatic heterocycles. The second-order valence-corrected chi connectivity index (χ2v) is 7.06. The minimum absolute atomic E-state index is 0.260. The summed E-state index contributed by atoms with van der Waals surface area (Å²) in [4.78, 5) is 0. The highest BCUT2D eigenvalue weighted by Gasteiger charge is 2.13. The third-order valence-corrected chi connectivity index (χ3v) is 6.49. The molecule has 1 heterocycles. The first-order valence-corrected chi connectivity index (χ1v) is 8.89. The molecule has 3 nitrogen and oxygen atoms in total. The van der Waals surface area contributed by atoms with Crippen molar-refractivity contribution in [2.24, 2.45) is 0 Å². The van der Waals surface area contributed by atoms with Crippen LogP contribution in [0.3, 0.4) is 0 Å². The van der Waals surface area contributed by atoms with E-state index in [1.165, 1.54) is 0 Å². The summed E-state index contributed by atoms with van der Waals surface area (Å²) in [5, 5.41) is 14.7. The highest BCUT2D eigenvalue weighted by molar-refractivity contribution is 9.14. The Kier molecular flexibility index (Phi) is 4.70. The van der Waals surface area contributed by atoms with Gasteiger partial charge in [-0.15, -0.1) is 0 Å². The number of aromatic hydroxyl groups is 1. The zero-order valence-electron chi connectivity index (χ0n) is 11.3. The topological polar surface area (TPSA) is 38.0 Å². The molecule has 6 heteroatoms. The van der Waals surface area contributed by atoms with Gasteiger partial charge in [-0.2, -0.15) is 5.10 Å². The average Bonchev–Trinajstić information content (AvgIpc) is 2.77. The van der Waals surface area contributed by atoms with Crippen LogP contribution >= 0.6 is 47.8 Å². The van der Waals surface area contributed by atoms with Gasteiger partial charge in [0.05, 0.1) is 11.0 Å². The minimum atomic E-state index is 0.260. The lowest BCUT2D eigenvalue weighted by molar-refractivity contribution is 0.463. The van der Waals surface area contributed by atoms with Crippen LogP contribution in [-0.2, 0) is 6.54 Å². The molecule has 22 heavy (non-hydrogen) atoms. The van der Waals surface area contributed by atoms with Crippen LogP contribution in [0.5, 0.6) is 5.75 Å². The number of hydrogen-bond acceptors (Lipinski definition) is 2. The van der Waals surface area contributed by atoms with Crippen molar-refractivity contribution in [3.8, 4) is 16.9 Å². The molecule has 0 fully saturated rings. The monoisotopic (exact) mass is 484 g/mol. The third-order valence-electron chi connectivity index (χ3n) is 3.31. The molecule has 112 valence electrons. The Morgan fingerprint density at radius 1 is 0.955 bits per heavy atom. The second kappa shape index (κ2) is 6.56. The van der Waals surface area contributed by atoms with Gasteiger partial charge < -0.3 is 5.11 Å². The van der Waals surface area contributed by atoms with Gasteiger partial charge in [0.15, 0.2) is 0 Å². The fraction of sp³-hybridized carbons (Fsp3) is 0.0625. The van der Waals surface area contributed by atoms with Crippen LogP contribution in [0.25, 0.3) is 11.1 Å². The van der Waals surface area contributed by atoms with Gasteiger partial charge in [-0.25, -0.2) is 0 Å². The van der Waals surface area contributed by atoms with Crippen molar-refractivity contribution in [2.45, 2.75) is 6.54 Å². The van der Waals surface area contributed by atoms with Crippen molar-refractivity contribution in [2.75, 3.05) is 0 Å². The lowest BCUT2D eigenvalue weighted by Crippen LogP contribution is -2.02. The molecule has 0 atom stereocenters. The van der Waals surface area contributed by atoms with E-state index in [4.69, 9.17) is 0 Å². The Morgan fingerprint density at radius 2 is 1.68 bits per heavy atom. The molecule has 0 saturated heterocycles. The van der Waals surface area contributed by atoms with E-state index in [0.717, 1.165) is 30.4 Å². The molecule has 0 saturated carbocycles. The van der Waals surface area contributed by atoms with E-state index in [-0.39, 0.29) is 5.75 Å². The number of phenolic OH excluding ortho intramolecular Hbond substituents is 1. The van der Waals surface area contributed by atoms with Crippen molar-refractivity contribution < 1.29 is 5.11 Å². The number of benzene rings is 2. The number of hydrogen-bond donors (Lipinski definition) is 1. The van der Waals surface area contributed by atoms with Gasteiger partial charge in [0.2, 0.25) is 0 Å². The van der Waals surface area contributed by atoms with Gasteiger partial charge in [0.25, 0.3) is 0 Å². The zero-order chi connectivity index (χ0) is 15.7. The summed E-state index contributed by atoms with van der Waals surface area (Å²) in [5.41, 5.74) is 2.88. The van der Waals surface area contributed by atoms with Gasteiger partial charge in [-0.3, -0.25) is 4.68 Å². The van der Waals surface area contributed by atoms with Crippen LogP contribution in [0.1, 0.15) is 5.56 Å². The van der Waals surface area contributed by atoms with Crippen LogP contribution < -0.4 is 0 Å². The molecule has 0 unspecified atom stereocenters. The maximum Gasteiger partial charge on any atom is 0.143 e. The molecule has 0 radical (unpaired) electrons. The van der Waals surface area contributed by atoms with Gasteiger partial charge in [0, 0.05) is 5.56 Å². The molecule has 0 aliphatic carbocycles. The number of aromatic nitrogens is 2. The maximum absolute atomic E-state index is 10.3. The highest BCUT2D eigenvalue weighted by Crippen LogP contribution is 2.32.